The predicted octanol–water partition coefficient (Wildman–Crippen LogP) is 6.63. The Morgan fingerprint density at radius 1 is 1.00 bits per heavy atom. The van der Waals surface area contributed by atoms with E-state index >= 15 is 0 Å². The average molecular weight is 476 g/mol. The van der Waals surface area contributed by atoms with Crippen LogP contribution in [0.5, 0.6) is 5.75 Å². The molecule has 4 atom stereocenters. The lowest BCUT2D eigenvalue weighted by atomic mass is 9.56. The van der Waals surface area contributed by atoms with Crippen molar-refractivity contribution in [3.8, 4) is 5.75 Å². The Morgan fingerprint density at radius 2 is 1.77 bits per heavy atom. The molecule has 1 N–H and O–H groups in total. The normalized spacial score (nSPS) is 28.5. The van der Waals surface area contributed by atoms with Crippen molar-refractivity contribution in [2.24, 2.45) is 17.8 Å². The van der Waals surface area contributed by atoms with Gasteiger partial charge in [-0.05, 0) is 111 Å². The van der Waals surface area contributed by atoms with Crippen LogP contribution < -0.4 is 4.74 Å². The van der Waals surface area contributed by atoms with Gasteiger partial charge in [-0.2, -0.15) is 0 Å². The molecule has 2 saturated carbocycles. The Bertz CT molecular complexity index is 905. The standard InChI is InChI=1S/C32H45NO2/c1-25-15-18-33(19-16-25)23-30(34)24-35-31-13-11-26(12-14-31)9-10-28-20-27-6-5-17-32(21-27,22-28)29-7-3-2-4-8-29/h2-4,7-8,11-14,25,27-28,30,34H,5-6,9-10,15-24H2,1H3/t27?,28?,30-,32?/m0/s1. The quantitative estimate of drug-likeness (QED) is 0.442. The van der Waals surface area contributed by atoms with Crippen LogP contribution in [0.2, 0.25) is 0 Å². The van der Waals surface area contributed by atoms with E-state index < -0.39 is 6.10 Å². The van der Waals surface area contributed by atoms with Crippen LogP contribution in [-0.4, -0.2) is 42.4 Å². The van der Waals surface area contributed by atoms with Crippen molar-refractivity contribution >= 4 is 0 Å². The van der Waals surface area contributed by atoms with Crippen LogP contribution >= 0.6 is 0 Å². The summed E-state index contributed by atoms with van der Waals surface area (Å²) in [7, 11) is 0. The minimum atomic E-state index is -0.425. The minimum Gasteiger partial charge on any atom is -0.491 e. The van der Waals surface area contributed by atoms with Crippen molar-refractivity contribution in [1.82, 2.24) is 4.90 Å². The zero-order valence-electron chi connectivity index (χ0n) is 21.7. The summed E-state index contributed by atoms with van der Waals surface area (Å²) in [6.45, 7) is 5.61. The summed E-state index contributed by atoms with van der Waals surface area (Å²) in [5.74, 6) is 3.44. The number of rotatable bonds is 9. The van der Waals surface area contributed by atoms with E-state index in [-0.39, 0.29) is 0 Å². The summed E-state index contributed by atoms with van der Waals surface area (Å²) in [6, 6.07) is 20.0. The maximum Gasteiger partial charge on any atom is 0.119 e. The number of aliphatic hydroxyl groups is 1. The number of nitrogens with zero attached hydrogens (tertiary/aromatic N) is 1. The van der Waals surface area contributed by atoms with Crippen molar-refractivity contribution in [1.29, 1.82) is 0 Å². The second-order valence-electron chi connectivity index (χ2n) is 12.0. The number of aliphatic hydroxyl groups excluding tert-OH is 1. The fourth-order valence-corrected chi connectivity index (χ4v) is 7.28. The van der Waals surface area contributed by atoms with Gasteiger partial charge in [0, 0.05) is 6.54 Å². The van der Waals surface area contributed by atoms with E-state index in [4.69, 9.17) is 4.74 Å². The molecule has 190 valence electrons. The van der Waals surface area contributed by atoms with Crippen molar-refractivity contribution < 1.29 is 9.84 Å². The van der Waals surface area contributed by atoms with Crippen molar-refractivity contribution in [3.05, 3.63) is 65.7 Å². The highest BCUT2D eigenvalue weighted by molar-refractivity contribution is 5.29. The van der Waals surface area contributed by atoms with Crippen LogP contribution in [0.3, 0.4) is 0 Å². The first-order valence-electron chi connectivity index (χ1n) is 14.3. The third-order valence-electron chi connectivity index (χ3n) is 9.23. The lowest BCUT2D eigenvalue weighted by Gasteiger charge is -2.49. The number of aryl methyl sites for hydroxylation is 1. The highest BCUT2D eigenvalue weighted by atomic mass is 16.5. The maximum absolute atomic E-state index is 10.4. The van der Waals surface area contributed by atoms with Gasteiger partial charge in [-0.15, -0.1) is 0 Å². The van der Waals surface area contributed by atoms with Gasteiger partial charge in [-0.25, -0.2) is 0 Å². The number of benzene rings is 2. The molecule has 0 aromatic heterocycles. The summed E-state index contributed by atoms with van der Waals surface area (Å²) in [5.41, 5.74) is 3.43. The van der Waals surface area contributed by atoms with E-state index in [9.17, 15) is 5.11 Å². The van der Waals surface area contributed by atoms with E-state index in [0.717, 1.165) is 49.6 Å². The Kier molecular flexibility index (Phi) is 8.14. The Hall–Kier alpha value is -1.84. The molecule has 0 spiro atoms. The molecular formula is C32H45NO2. The second kappa shape index (κ2) is 11.5. The van der Waals surface area contributed by atoms with Crippen molar-refractivity contribution in [2.45, 2.75) is 82.7 Å². The predicted molar refractivity (Wildman–Crippen MR) is 144 cm³/mol. The van der Waals surface area contributed by atoms with Gasteiger partial charge in [0.1, 0.15) is 18.5 Å². The molecule has 3 heteroatoms. The van der Waals surface area contributed by atoms with Crippen LogP contribution in [0.1, 0.15) is 75.8 Å². The van der Waals surface area contributed by atoms with Gasteiger partial charge in [-0.3, -0.25) is 0 Å². The third-order valence-corrected chi connectivity index (χ3v) is 9.23. The molecule has 1 heterocycles. The van der Waals surface area contributed by atoms with Crippen LogP contribution in [0.4, 0.5) is 0 Å². The van der Waals surface area contributed by atoms with E-state index in [1.54, 1.807) is 5.56 Å². The van der Waals surface area contributed by atoms with Gasteiger partial charge < -0.3 is 14.7 Å². The minimum absolute atomic E-state index is 0.371. The number of ether oxygens (including phenoxy) is 1. The lowest BCUT2D eigenvalue weighted by Crippen LogP contribution is -2.40. The van der Waals surface area contributed by atoms with Gasteiger partial charge in [0.25, 0.3) is 0 Å². The Balaban J connectivity index is 1.09. The number of hydrogen-bond acceptors (Lipinski definition) is 3. The number of fused-ring (bicyclic) bond motifs is 2. The summed E-state index contributed by atoms with van der Waals surface area (Å²) < 4.78 is 5.92. The average Bonchev–Trinajstić information content (AvgIpc) is 2.88. The summed E-state index contributed by atoms with van der Waals surface area (Å²) in [6.07, 6.45) is 12.9. The van der Waals surface area contributed by atoms with Crippen LogP contribution in [0, 0.1) is 17.8 Å². The van der Waals surface area contributed by atoms with E-state index in [2.05, 4.69) is 66.4 Å². The SMILES string of the molecule is CC1CCN(C[C@H](O)COc2ccc(CCC3CC4CCCC(c5ccccc5)(C4)C3)cc2)CC1. The molecule has 3 aliphatic rings. The lowest BCUT2D eigenvalue weighted by molar-refractivity contribution is 0.0563. The molecule has 2 aromatic carbocycles. The highest BCUT2D eigenvalue weighted by Gasteiger charge is 2.43. The summed E-state index contributed by atoms with van der Waals surface area (Å²) in [4.78, 5) is 2.37. The zero-order valence-corrected chi connectivity index (χ0v) is 21.7. The smallest absolute Gasteiger partial charge is 0.119 e. The van der Waals surface area contributed by atoms with Crippen molar-refractivity contribution in [2.75, 3.05) is 26.2 Å². The monoisotopic (exact) mass is 475 g/mol. The molecule has 2 aliphatic carbocycles. The molecule has 0 amide bonds. The third kappa shape index (κ3) is 6.49. The number of likely N-dealkylation sites (tertiary alicyclic amines) is 1. The fourth-order valence-electron chi connectivity index (χ4n) is 7.28. The van der Waals surface area contributed by atoms with Gasteiger partial charge >= 0.3 is 0 Å². The zero-order chi connectivity index (χ0) is 24.1. The van der Waals surface area contributed by atoms with E-state index in [1.807, 2.05) is 0 Å². The number of β-amino-alcohol motifs (C(OH)–C–C–N with tert-alkyl or cyclic N) is 1. The van der Waals surface area contributed by atoms with E-state index in [1.165, 1.54) is 63.4 Å². The van der Waals surface area contributed by atoms with Gasteiger partial charge in [0.15, 0.2) is 0 Å². The Morgan fingerprint density at radius 3 is 2.54 bits per heavy atom. The number of piperidine rings is 1. The largest absolute Gasteiger partial charge is 0.491 e. The first-order valence-corrected chi connectivity index (χ1v) is 14.3. The molecule has 35 heavy (non-hydrogen) atoms. The van der Waals surface area contributed by atoms with Gasteiger partial charge in [0.05, 0.1) is 0 Å². The van der Waals surface area contributed by atoms with Crippen LogP contribution in [-0.2, 0) is 11.8 Å². The molecule has 3 fully saturated rings. The van der Waals surface area contributed by atoms with Crippen LogP contribution in [0.25, 0.3) is 0 Å². The first-order chi connectivity index (χ1) is 17.1. The molecule has 2 bridgehead atoms. The van der Waals surface area contributed by atoms with Gasteiger partial charge in [-0.1, -0.05) is 62.2 Å². The topological polar surface area (TPSA) is 32.7 Å². The maximum atomic E-state index is 10.4. The molecule has 3 unspecified atom stereocenters. The molecule has 5 rings (SSSR count). The summed E-state index contributed by atoms with van der Waals surface area (Å²) >= 11 is 0. The molecule has 1 aliphatic heterocycles. The fraction of sp³-hybridized carbons (Fsp3) is 0.625. The number of hydrogen-bond donors (Lipinski definition) is 1. The molecule has 2 aromatic rings. The Labute approximate surface area is 212 Å². The highest BCUT2D eigenvalue weighted by Crippen LogP contribution is 2.53. The molecule has 0 radical (unpaired) electrons. The van der Waals surface area contributed by atoms with E-state index in [0.29, 0.717) is 12.0 Å². The van der Waals surface area contributed by atoms with Crippen molar-refractivity contribution in [3.63, 3.8) is 0 Å². The molecular weight excluding hydrogens is 430 g/mol. The molecule has 3 nitrogen and oxygen atoms in total. The summed E-state index contributed by atoms with van der Waals surface area (Å²) in [5, 5.41) is 10.4. The molecule has 1 saturated heterocycles. The first kappa shape index (κ1) is 24.8. The second-order valence-corrected chi connectivity index (χ2v) is 12.0. The van der Waals surface area contributed by atoms with Crippen LogP contribution in [0.15, 0.2) is 54.6 Å². The van der Waals surface area contributed by atoms with Gasteiger partial charge in [0.2, 0.25) is 0 Å².